The Morgan fingerprint density at radius 2 is 1.80 bits per heavy atom. The predicted octanol–water partition coefficient (Wildman–Crippen LogP) is 7.88. The molecule has 4 aromatic rings. The maximum Gasteiger partial charge on any atom is 0.426 e. The first-order chi connectivity index (χ1) is 24.0. The van der Waals surface area contributed by atoms with E-state index in [1.807, 2.05) is 55.4 Å². The molecule has 6 rings (SSSR count). The quantitative estimate of drug-likeness (QED) is 0.139. The summed E-state index contributed by atoms with van der Waals surface area (Å²) in [5.74, 6) is 0.657. The maximum absolute atomic E-state index is 13.6. The molecular weight excluding hydrogens is 811 g/mol. The van der Waals surface area contributed by atoms with E-state index in [1.165, 1.54) is 0 Å². The summed E-state index contributed by atoms with van der Waals surface area (Å²) in [5, 5.41) is 8.68. The van der Waals surface area contributed by atoms with Gasteiger partial charge in [0, 0.05) is 53.3 Å². The standard InChI is InChI=1S/C35H40Br2Cl2N8O3/c1-44(2)11-5-12-47-31-20-27(39)26(38)19-29(31)41-33(47)30(18-21-16-24(36)32(40)25(37)17-21)43-35(49)50-45-13-9-23(10-14-45)46-15-8-22-6-3-4-7-28(22)42-34(46)48/h3-4,6-7,16-17,19-20,23,30H,5,8-15,18,40H2,1-2H3,(H,42,48)(H,43,49)/t30-/m1/s1. The summed E-state index contributed by atoms with van der Waals surface area (Å²) in [6, 6.07) is 14.7. The Morgan fingerprint density at radius 1 is 1.10 bits per heavy atom. The van der Waals surface area contributed by atoms with Crippen LogP contribution in [0, 0.1) is 0 Å². The van der Waals surface area contributed by atoms with Crippen molar-refractivity contribution in [3.05, 3.63) is 84.5 Å². The van der Waals surface area contributed by atoms with Crippen molar-refractivity contribution in [2.24, 2.45) is 0 Å². The number of carbonyl (C=O) groups excluding carboxylic acids is 2. The van der Waals surface area contributed by atoms with Crippen molar-refractivity contribution >= 4 is 89.6 Å². The van der Waals surface area contributed by atoms with Crippen molar-refractivity contribution in [3.63, 3.8) is 0 Å². The van der Waals surface area contributed by atoms with Crippen LogP contribution in [0.25, 0.3) is 11.0 Å². The van der Waals surface area contributed by atoms with E-state index in [9.17, 15) is 9.59 Å². The van der Waals surface area contributed by atoms with Crippen LogP contribution >= 0.6 is 55.1 Å². The second-order valence-corrected chi connectivity index (χ2v) is 15.5. The second-order valence-electron chi connectivity index (χ2n) is 13.0. The zero-order chi connectivity index (χ0) is 35.5. The molecule has 3 aromatic carbocycles. The van der Waals surface area contributed by atoms with Crippen molar-refractivity contribution < 1.29 is 14.4 Å². The van der Waals surface area contributed by atoms with E-state index in [0.717, 1.165) is 50.7 Å². The van der Waals surface area contributed by atoms with Gasteiger partial charge in [0.05, 0.1) is 32.8 Å². The van der Waals surface area contributed by atoms with Gasteiger partial charge in [-0.25, -0.2) is 14.6 Å². The molecular formula is C35H40Br2Cl2N8O3. The number of urea groups is 1. The number of benzene rings is 3. The molecule has 2 aliphatic rings. The number of hydrogen-bond acceptors (Lipinski definition) is 7. The van der Waals surface area contributed by atoms with Crippen LogP contribution in [0.1, 0.15) is 42.3 Å². The first kappa shape index (κ1) is 36.7. The summed E-state index contributed by atoms with van der Waals surface area (Å²) < 4.78 is 3.58. The molecule has 0 aliphatic carbocycles. The molecule has 266 valence electrons. The van der Waals surface area contributed by atoms with Gasteiger partial charge in [-0.05, 0) is 120 Å². The van der Waals surface area contributed by atoms with Crippen molar-refractivity contribution in [1.82, 2.24) is 29.7 Å². The third-order valence-corrected chi connectivity index (χ3v) is 11.2. The number of nitrogens with two attached hydrogens (primary N) is 1. The zero-order valence-corrected chi connectivity index (χ0v) is 32.6. The summed E-state index contributed by atoms with van der Waals surface area (Å²) in [4.78, 5) is 41.7. The van der Waals surface area contributed by atoms with Crippen LogP contribution in [0.3, 0.4) is 0 Å². The molecule has 0 bridgehead atoms. The lowest BCUT2D eigenvalue weighted by atomic mass is 10.0. The molecule has 3 heterocycles. The number of carbonyl (C=O) groups is 2. The zero-order valence-electron chi connectivity index (χ0n) is 27.9. The Bertz CT molecular complexity index is 1860. The minimum absolute atomic E-state index is 0.0445. The van der Waals surface area contributed by atoms with Gasteiger partial charge in [0.1, 0.15) is 5.82 Å². The van der Waals surface area contributed by atoms with Crippen LogP contribution < -0.4 is 16.4 Å². The fourth-order valence-electron chi connectivity index (χ4n) is 6.65. The number of anilines is 2. The van der Waals surface area contributed by atoms with Gasteiger partial charge in [0.25, 0.3) is 0 Å². The lowest BCUT2D eigenvalue weighted by molar-refractivity contribution is -0.120. The van der Waals surface area contributed by atoms with Crippen molar-refractivity contribution in [2.45, 2.75) is 50.7 Å². The number of nitrogens with one attached hydrogen (secondary N) is 2. The molecule has 11 nitrogen and oxygen atoms in total. The SMILES string of the molecule is CN(C)CCCn1c([C@@H](Cc2cc(Br)c(N)c(Br)c2)NC(=O)ON2CCC(N3CCc4ccccc4NC3=O)CC2)nc2cc(Cl)c(Cl)cc21. The minimum atomic E-state index is -0.590. The third-order valence-electron chi connectivity index (χ3n) is 9.21. The maximum atomic E-state index is 13.6. The topological polar surface area (TPSA) is 121 Å². The Kier molecular flexibility index (Phi) is 11.8. The van der Waals surface area contributed by atoms with Gasteiger partial charge in [0.15, 0.2) is 0 Å². The number of halogens is 4. The molecule has 1 fully saturated rings. The molecule has 0 unspecified atom stereocenters. The van der Waals surface area contributed by atoms with E-state index < -0.39 is 12.1 Å². The monoisotopic (exact) mass is 848 g/mol. The average molecular weight is 851 g/mol. The average Bonchev–Trinajstić information content (AvgIpc) is 3.31. The van der Waals surface area contributed by atoms with E-state index in [0.29, 0.717) is 72.5 Å². The van der Waals surface area contributed by atoms with Gasteiger partial charge in [-0.2, -0.15) is 0 Å². The number of aromatic nitrogens is 2. The number of nitrogens with zero attached hydrogens (tertiary/aromatic N) is 5. The van der Waals surface area contributed by atoms with Gasteiger partial charge in [-0.3, -0.25) is 0 Å². The first-order valence-electron chi connectivity index (χ1n) is 16.6. The van der Waals surface area contributed by atoms with Crippen molar-refractivity contribution in [2.75, 3.05) is 51.3 Å². The number of para-hydroxylation sites is 1. The number of hydroxylamine groups is 2. The number of nitrogen functional groups attached to an aromatic ring is 1. The molecule has 15 heteroatoms. The van der Waals surface area contributed by atoms with E-state index in [1.54, 1.807) is 11.1 Å². The lowest BCUT2D eigenvalue weighted by Gasteiger charge is -2.37. The lowest BCUT2D eigenvalue weighted by Crippen LogP contribution is -2.49. The molecule has 2 aliphatic heterocycles. The molecule has 0 radical (unpaired) electrons. The molecule has 50 heavy (non-hydrogen) atoms. The van der Waals surface area contributed by atoms with Crippen LogP contribution in [-0.2, 0) is 24.2 Å². The highest BCUT2D eigenvalue weighted by Gasteiger charge is 2.32. The minimum Gasteiger partial charge on any atom is -0.397 e. The van der Waals surface area contributed by atoms with Crippen LogP contribution in [0.5, 0.6) is 0 Å². The van der Waals surface area contributed by atoms with E-state index in [4.69, 9.17) is 38.8 Å². The van der Waals surface area contributed by atoms with Crippen LogP contribution in [0.15, 0.2) is 57.5 Å². The summed E-state index contributed by atoms with van der Waals surface area (Å²) in [6.45, 7) is 3.14. The number of piperidine rings is 1. The molecule has 1 aromatic heterocycles. The molecule has 0 spiro atoms. The van der Waals surface area contributed by atoms with Crippen molar-refractivity contribution in [3.8, 4) is 0 Å². The molecule has 4 N–H and O–H groups in total. The Balaban J connectivity index is 1.19. The van der Waals surface area contributed by atoms with Crippen LogP contribution in [0.4, 0.5) is 21.0 Å². The summed E-state index contributed by atoms with van der Waals surface area (Å²) in [7, 11) is 4.07. The Morgan fingerprint density at radius 3 is 2.52 bits per heavy atom. The third kappa shape index (κ3) is 8.51. The van der Waals surface area contributed by atoms with Gasteiger partial charge in [-0.15, -0.1) is 5.06 Å². The fraction of sp³-hybridized carbons (Fsp3) is 0.400. The Labute approximate surface area is 318 Å². The number of rotatable bonds is 10. The Hall–Kier alpha value is -3.07. The molecule has 1 atom stereocenters. The van der Waals surface area contributed by atoms with Crippen LogP contribution in [0.2, 0.25) is 10.0 Å². The largest absolute Gasteiger partial charge is 0.426 e. The molecule has 1 saturated heterocycles. The first-order valence-corrected chi connectivity index (χ1v) is 18.9. The smallest absolute Gasteiger partial charge is 0.397 e. The van der Waals surface area contributed by atoms with Gasteiger partial charge >= 0.3 is 12.1 Å². The highest BCUT2D eigenvalue weighted by Crippen LogP contribution is 2.34. The summed E-state index contributed by atoms with van der Waals surface area (Å²) >= 11 is 20.0. The predicted molar refractivity (Wildman–Crippen MR) is 206 cm³/mol. The molecule has 3 amide bonds. The van der Waals surface area contributed by atoms with Crippen molar-refractivity contribution in [1.29, 1.82) is 0 Å². The number of fused-ring (bicyclic) bond motifs is 2. The number of aryl methyl sites for hydroxylation is 1. The van der Waals surface area contributed by atoms with Gasteiger partial charge < -0.3 is 35.6 Å². The fourth-order valence-corrected chi connectivity index (χ4v) is 8.25. The van der Waals surface area contributed by atoms with E-state index in [2.05, 4.69) is 58.0 Å². The van der Waals surface area contributed by atoms with Crippen LogP contribution in [-0.4, -0.2) is 82.9 Å². The summed E-state index contributed by atoms with van der Waals surface area (Å²) in [6.07, 6.45) is 2.80. The summed E-state index contributed by atoms with van der Waals surface area (Å²) in [5.41, 5.74) is 11.2. The van der Waals surface area contributed by atoms with Gasteiger partial charge in [-0.1, -0.05) is 41.4 Å². The number of hydrogen-bond donors (Lipinski definition) is 3. The number of imidazole rings is 1. The van der Waals surface area contributed by atoms with E-state index in [-0.39, 0.29) is 12.1 Å². The second kappa shape index (κ2) is 16.1. The van der Waals surface area contributed by atoms with Gasteiger partial charge in [0.2, 0.25) is 0 Å². The highest BCUT2D eigenvalue weighted by molar-refractivity contribution is 9.11. The normalized spacial score (nSPS) is 16.3. The molecule has 0 saturated carbocycles. The number of amides is 3. The highest BCUT2D eigenvalue weighted by atomic mass is 79.9. The van der Waals surface area contributed by atoms with E-state index >= 15 is 0 Å².